The van der Waals surface area contributed by atoms with Gasteiger partial charge in [0, 0.05) is 12.8 Å². The van der Waals surface area contributed by atoms with E-state index in [4.69, 9.17) is 9.47 Å². The van der Waals surface area contributed by atoms with E-state index in [0.717, 1.165) is 12.8 Å². The van der Waals surface area contributed by atoms with Crippen molar-refractivity contribution >= 4 is 11.9 Å². The summed E-state index contributed by atoms with van der Waals surface area (Å²) in [6.45, 7) is 8.54. The molecular weight excluding hydrogens is 256 g/mol. The lowest BCUT2D eigenvalue weighted by atomic mass is 10.1. The van der Waals surface area contributed by atoms with E-state index in [1.165, 1.54) is 12.8 Å². The van der Waals surface area contributed by atoms with E-state index in [-0.39, 0.29) is 24.5 Å². The van der Waals surface area contributed by atoms with E-state index in [9.17, 15) is 9.59 Å². The van der Waals surface area contributed by atoms with Gasteiger partial charge in [0.15, 0.2) is 0 Å². The topological polar surface area (TPSA) is 52.6 Å². The second-order valence-electron chi connectivity index (χ2n) is 5.57. The molecule has 0 heterocycles. The molecule has 1 atom stereocenters. The Kier molecular flexibility index (Phi) is 11.1. The number of unbranched alkanes of at least 4 members (excludes halogenated alkanes) is 3. The van der Waals surface area contributed by atoms with Gasteiger partial charge in [-0.25, -0.2) is 0 Å². The van der Waals surface area contributed by atoms with Crippen molar-refractivity contribution in [3.8, 4) is 0 Å². The molecule has 0 aromatic rings. The summed E-state index contributed by atoms with van der Waals surface area (Å²) in [6.07, 6.45) is 5.37. The third-order valence-electron chi connectivity index (χ3n) is 3.28. The van der Waals surface area contributed by atoms with Gasteiger partial charge in [0.05, 0.1) is 6.61 Å². The van der Waals surface area contributed by atoms with Crippen LogP contribution in [0.5, 0.6) is 0 Å². The van der Waals surface area contributed by atoms with E-state index in [0.29, 0.717) is 25.4 Å². The normalized spacial score (nSPS) is 12.2. The van der Waals surface area contributed by atoms with Crippen LogP contribution in [-0.4, -0.2) is 24.6 Å². The summed E-state index contributed by atoms with van der Waals surface area (Å²) < 4.78 is 10.3. The summed E-state index contributed by atoms with van der Waals surface area (Å²) in [7, 11) is 0. The molecule has 0 radical (unpaired) electrons. The summed E-state index contributed by atoms with van der Waals surface area (Å²) >= 11 is 0. The lowest BCUT2D eigenvalue weighted by Gasteiger charge is -2.16. The molecular formula is C16H30O4. The second-order valence-corrected chi connectivity index (χ2v) is 5.57. The molecule has 0 aliphatic heterocycles. The SMILES string of the molecule is CCCCCCOC(=O)CCCC(=O)OC(C)C(C)C. The number of carbonyl (C=O) groups is 2. The highest BCUT2D eigenvalue weighted by atomic mass is 16.5. The highest BCUT2D eigenvalue weighted by Crippen LogP contribution is 2.08. The number of ether oxygens (including phenoxy) is 2. The average molecular weight is 286 g/mol. The number of esters is 2. The van der Waals surface area contributed by atoms with Crippen molar-refractivity contribution in [1.29, 1.82) is 0 Å². The van der Waals surface area contributed by atoms with Crippen molar-refractivity contribution < 1.29 is 19.1 Å². The molecule has 118 valence electrons. The lowest BCUT2D eigenvalue weighted by molar-refractivity contribution is -0.150. The van der Waals surface area contributed by atoms with Crippen molar-refractivity contribution in [3.63, 3.8) is 0 Å². The smallest absolute Gasteiger partial charge is 0.306 e. The van der Waals surface area contributed by atoms with Crippen LogP contribution in [0.3, 0.4) is 0 Å². The molecule has 0 rings (SSSR count). The monoisotopic (exact) mass is 286 g/mol. The molecule has 0 spiro atoms. The van der Waals surface area contributed by atoms with Gasteiger partial charge in [-0.05, 0) is 25.7 Å². The molecule has 0 aromatic heterocycles. The molecule has 20 heavy (non-hydrogen) atoms. The van der Waals surface area contributed by atoms with Crippen molar-refractivity contribution in [3.05, 3.63) is 0 Å². The number of rotatable bonds is 11. The number of hydrogen-bond acceptors (Lipinski definition) is 4. The Bertz CT molecular complexity index is 274. The zero-order valence-electron chi connectivity index (χ0n) is 13.4. The average Bonchev–Trinajstić information content (AvgIpc) is 2.38. The predicted molar refractivity (Wildman–Crippen MR) is 79.3 cm³/mol. The zero-order chi connectivity index (χ0) is 15.4. The highest BCUT2D eigenvalue weighted by Gasteiger charge is 2.13. The largest absolute Gasteiger partial charge is 0.466 e. The fourth-order valence-corrected chi connectivity index (χ4v) is 1.57. The standard InChI is InChI=1S/C16H30O4/c1-5-6-7-8-12-19-15(17)10-9-11-16(18)20-14(4)13(2)3/h13-14H,5-12H2,1-4H3. The van der Waals surface area contributed by atoms with Crippen LogP contribution in [0.1, 0.15) is 72.6 Å². The van der Waals surface area contributed by atoms with E-state index in [1.807, 2.05) is 20.8 Å². The minimum absolute atomic E-state index is 0.0759. The van der Waals surface area contributed by atoms with Gasteiger partial charge in [-0.2, -0.15) is 0 Å². The maximum atomic E-state index is 11.5. The third-order valence-corrected chi connectivity index (χ3v) is 3.28. The maximum absolute atomic E-state index is 11.5. The predicted octanol–water partition coefficient (Wildman–Crippen LogP) is 3.87. The highest BCUT2D eigenvalue weighted by molar-refractivity contribution is 5.72. The van der Waals surface area contributed by atoms with Crippen LogP contribution >= 0.6 is 0 Å². The molecule has 0 aliphatic carbocycles. The molecule has 0 saturated carbocycles. The van der Waals surface area contributed by atoms with Crippen molar-refractivity contribution in [2.75, 3.05) is 6.61 Å². The molecule has 0 fully saturated rings. The Morgan fingerprint density at radius 3 is 2.15 bits per heavy atom. The summed E-state index contributed by atoms with van der Waals surface area (Å²) in [4.78, 5) is 22.9. The Balaban J connectivity index is 3.53. The Morgan fingerprint density at radius 1 is 0.900 bits per heavy atom. The fourth-order valence-electron chi connectivity index (χ4n) is 1.57. The lowest BCUT2D eigenvalue weighted by Crippen LogP contribution is -2.20. The van der Waals surface area contributed by atoms with E-state index in [2.05, 4.69) is 6.92 Å². The van der Waals surface area contributed by atoms with Gasteiger partial charge in [-0.3, -0.25) is 9.59 Å². The maximum Gasteiger partial charge on any atom is 0.306 e. The van der Waals surface area contributed by atoms with Gasteiger partial charge >= 0.3 is 11.9 Å². The van der Waals surface area contributed by atoms with Crippen LogP contribution in [0, 0.1) is 5.92 Å². The van der Waals surface area contributed by atoms with E-state index in [1.54, 1.807) is 0 Å². The van der Waals surface area contributed by atoms with Gasteiger partial charge in [0.25, 0.3) is 0 Å². The van der Waals surface area contributed by atoms with Gasteiger partial charge in [0.2, 0.25) is 0 Å². The number of carbonyl (C=O) groups excluding carboxylic acids is 2. The number of hydrogen-bond donors (Lipinski definition) is 0. The van der Waals surface area contributed by atoms with Gasteiger partial charge in [-0.1, -0.05) is 40.0 Å². The molecule has 4 nitrogen and oxygen atoms in total. The molecule has 1 unspecified atom stereocenters. The van der Waals surface area contributed by atoms with E-state index < -0.39 is 0 Å². The Labute approximate surface area is 123 Å². The molecule has 0 aliphatic rings. The van der Waals surface area contributed by atoms with Crippen LogP contribution in [0.4, 0.5) is 0 Å². The first-order valence-electron chi connectivity index (χ1n) is 7.82. The molecule has 0 amide bonds. The van der Waals surface area contributed by atoms with Crippen molar-refractivity contribution in [1.82, 2.24) is 0 Å². The van der Waals surface area contributed by atoms with Crippen molar-refractivity contribution in [2.24, 2.45) is 5.92 Å². The van der Waals surface area contributed by atoms with Crippen LogP contribution in [0.2, 0.25) is 0 Å². The summed E-state index contributed by atoms with van der Waals surface area (Å²) in [5, 5.41) is 0. The molecule has 0 N–H and O–H groups in total. The minimum Gasteiger partial charge on any atom is -0.466 e. The first kappa shape index (κ1) is 18.9. The summed E-state index contributed by atoms with van der Waals surface area (Å²) in [6, 6.07) is 0. The molecule has 0 aromatic carbocycles. The Morgan fingerprint density at radius 2 is 1.55 bits per heavy atom. The van der Waals surface area contributed by atoms with E-state index >= 15 is 0 Å². The molecule has 0 bridgehead atoms. The zero-order valence-corrected chi connectivity index (χ0v) is 13.4. The van der Waals surface area contributed by atoms with Crippen LogP contribution < -0.4 is 0 Å². The quantitative estimate of drug-likeness (QED) is 0.427. The third kappa shape index (κ3) is 10.8. The minimum atomic E-state index is -0.234. The summed E-state index contributed by atoms with van der Waals surface area (Å²) in [5.41, 5.74) is 0. The fraction of sp³-hybridized carbons (Fsp3) is 0.875. The Hall–Kier alpha value is -1.06. The van der Waals surface area contributed by atoms with Crippen LogP contribution in [0.15, 0.2) is 0 Å². The summed E-state index contributed by atoms with van der Waals surface area (Å²) in [5.74, 6) is -0.139. The molecule has 0 saturated heterocycles. The van der Waals surface area contributed by atoms with Gasteiger partial charge in [-0.15, -0.1) is 0 Å². The second kappa shape index (κ2) is 11.7. The van der Waals surface area contributed by atoms with Crippen LogP contribution in [0.25, 0.3) is 0 Å². The van der Waals surface area contributed by atoms with Crippen molar-refractivity contribution in [2.45, 2.75) is 78.7 Å². The molecule has 4 heteroatoms. The first-order valence-corrected chi connectivity index (χ1v) is 7.82. The van der Waals surface area contributed by atoms with Crippen LogP contribution in [-0.2, 0) is 19.1 Å². The van der Waals surface area contributed by atoms with Gasteiger partial charge in [0.1, 0.15) is 6.10 Å². The van der Waals surface area contributed by atoms with Gasteiger partial charge < -0.3 is 9.47 Å². The first-order chi connectivity index (χ1) is 9.47.